The smallest absolute Gasteiger partial charge is 0.321 e. The molecule has 0 bridgehead atoms. The Morgan fingerprint density at radius 3 is 2.33 bits per heavy atom. The summed E-state index contributed by atoms with van der Waals surface area (Å²) in [4.78, 5) is 20.5. The molecule has 2 aromatic carbocycles. The molecule has 0 aliphatic carbocycles. The van der Waals surface area contributed by atoms with Gasteiger partial charge in [-0.15, -0.1) is 0 Å². The molecule has 0 aliphatic rings. The van der Waals surface area contributed by atoms with Gasteiger partial charge in [-0.05, 0) is 62.5 Å². The molecule has 3 rings (SSSR count). The van der Waals surface area contributed by atoms with Gasteiger partial charge in [0.1, 0.15) is 5.75 Å². The molecule has 3 aromatic rings. The van der Waals surface area contributed by atoms with Crippen molar-refractivity contribution in [1.82, 2.24) is 15.3 Å². The Labute approximate surface area is 214 Å². The third-order valence-corrected chi connectivity index (χ3v) is 6.03. The molecule has 0 aliphatic heterocycles. The fraction of sp³-hybridized carbons (Fsp3) is 0.217. The van der Waals surface area contributed by atoms with Crippen molar-refractivity contribution in [3.8, 4) is 17.6 Å². The lowest BCUT2D eigenvalue weighted by molar-refractivity contribution is 0.0972. The number of nitrogens with one attached hydrogen (secondary N) is 3. The zero-order valence-corrected chi connectivity index (χ0v) is 21.6. The van der Waals surface area contributed by atoms with E-state index in [1.165, 1.54) is 44.6 Å². The second-order valence-electron chi connectivity index (χ2n) is 7.48. The molecule has 0 unspecified atom stereocenters. The van der Waals surface area contributed by atoms with E-state index in [4.69, 9.17) is 26.4 Å². The highest BCUT2D eigenvalue weighted by Crippen LogP contribution is 2.22. The summed E-state index contributed by atoms with van der Waals surface area (Å²) < 4.78 is 43.6. The first-order chi connectivity index (χ1) is 17.1. The van der Waals surface area contributed by atoms with Crippen molar-refractivity contribution >= 4 is 44.8 Å². The Kier molecular flexibility index (Phi) is 8.61. The number of hydrogen-bond acceptors (Lipinski definition) is 9. The van der Waals surface area contributed by atoms with E-state index in [2.05, 4.69) is 25.3 Å². The molecule has 0 atom stereocenters. The van der Waals surface area contributed by atoms with Crippen LogP contribution in [0.15, 0.2) is 59.5 Å². The summed E-state index contributed by atoms with van der Waals surface area (Å²) >= 11 is 5.23. The molecule has 1 aromatic heterocycles. The van der Waals surface area contributed by atoms with E-state index in [-0.39, 0.29) is 33.8 Å². The number of ether oxygens (including phenoxy) is 3. The number of carbonyl (C=O) groups excluding carboxylic acids is 1. The van der Waals surface area contributed by atoms with Crippen LogP contribution in [0.5, 0.6) is 17.6 Å². The van der Waals surface area contributed by atoms with Crippen LogP contribution in [0.25, 0.3) is 0 Å². The van der Waals surface area contributed by atoms with Crippen molar-refractivity contribution < 1.29 is 27.4 Å². The highest BCUT2D eigenvalue weighted by Gasteiger charge is 2.18. The Balaban J connectivity index is 1.66. The van der Waals surface area contributed by atoms with Crippen LogP contribution in [0, 0.1) is 0 Å². The average molecular weight is 532 g/mol. The molecule has 3 N–H and O–H groups in total. The van der Waals surface area contributed by atoms with E-state index in [0.29, 0.717) is 17.0 Å². The number of methoxy groups -OCH3 is 2. The van der Waals surface area contributed by atoms with E-state index >= 15 is 0 Å². The molecular weight excluding hydrogens is 506 g/mol. The van der Waals surface area contributed by atoms with Gasteiger partial charge in [0.25, 0.3) is 15.9 Å². The molecule has 11 nitrogen and oxygen atoms in total. The van der Waals surface area contributed by atoms with Gasteiger partial charge < -0.3 is 19.5 Å². The predicted octanol–water partition coefficient (Wildman–Crippen LogP) is 3.21. The first-order valence-corrected chi connectivity index (χ1v) is 12.5. The van der Waals surface area contributed by atoms with Gasteiger partial charge in [0.2, 0.25) is 5.88 Å². The Morgan fingerprint density at radius 1 is 1.00 bits per heavy atom. The lowest BCUT2D eigenvalue weighted by Gasteiger charge is -2.15. The number of amides is 1. The summed E-state index contributed by atoms with van der Waals surface area (Å²) in [6, 6.07) is 13.8. The number of rotatable bonds is 9. The second kappa shape index (κ2) is 11.6. The molecular formula is C23H25N5O6S2. The fourth-order valence-corrected chi connectivity index (χ4v) is 4.11. The summed E-state index contributed by atoms with van der Waals surface area (Å²) in [6.45, 7) is 3.73. The minimum absolute atomic E-state index is 0.0217. The first-order valence-electron chi connectivity index (χ1n) is 10.6. The van der Waals surface area contributed by atoms with Crippen molar-refractivity contribution in [2.24, 2.45) is 0 Å². The Bertz CT molecular complexity index is 1330. The Hall–Kier alpha value is -3.97. The number of carbonyl (C=O) groups is 1. The summed E-state index contributed by atoms with van der Waals surface area (Å²) in [5.74, 6) is 0.108. The molecule has 1 heterocycles. The van der Waals surface area contributed by atoms with Crippen LogP contribution in [0.4, 0.5) is 11.5 Å². The molecule has 0 saturated heterocycles. The van der Waals surface area contributed by atoms with E-state index in [1.54, 1.807) is 24.3 Å². The molecule has 13 heteroatoms. The molecule has 0 radical (unpaired) electrons. The molecule has 36 heavy (non-hydrogen) atoms. The zero-order chi connectivity index (χ0) is 26.3. The van der Waals surface area contributed by atoms with Crippen molar-refractivity contribution in [3.05, 3.63) is 60.2 Å². The number of thiocarbonyl (C=S) groups is 1. The third kappa shape index (κ3) is 7.02. The van der Waals surface area contributed by atoms with Crippen LogP contribution in [0.3, 0.4) is 0 Å². The van der Waals surface area contributed by atoms with E-state index < -0.39 is 15.9 Å². The number of benzene rings is 2. The van der Waals surface area contributed by atoms with Gasteiger partial charge in [0, 0.05) is 11.8 Å². The quantitative estimate of drug-likeness (QED) is 0.353. The highest BCUT2D eigenvalue weighted by atomic mass is 32.2. The van der Waals surface area contributed by atoms with Crippen LogP contribution in [0.2, 0.25) is 0 Å². The van der Waals surface area contributed by atoms with Crippen LogP contribution >= 0.6 is 12.2 Å². The van der Waals surface area contributed by atoms with Crippen molar-refractivity contribution in [2.75, 3.05) is 24.3 Å². The van der Waals surface area contributed by atoms with Gasteiger partial charge in [0.05, 0.1) is 30.8 Å². The summed E-state index contributed by atoms with van der Waals surface area (Å²) in [7, 11) is -1.24. The number of sulfonamides is 1. The highest BCUT2D eigenvalue weighted by molar-refractivity contribution is 7.92. The predicted molar refractivity (Wildman–Crippen MR) is 138 cm³/mol. The van der Waals surface area contributed by atoms with Gasteiger partial charge >= 0.3 is 6.01 Å². The largest absolute Gasteiger partial charge is 0.490 e. The monoisotopic (exact) mass is 531 g/mol. The first kappa shape index (κ1) is 26.6. The van der Waals surface area contributed by atoms with Crippen LogP contribution in [-0.2, 0) is 10.0 Å². The maximum atomic E-state index is 12.8. The molecule has 0 saturated carbocycles. The SMILES string of the molecule is COc1cc(NS(=O)(=O)c2ccc(NC(=S)NC(=O)c3ccccc3OC(C)C)cc2)nc(OC)n1. The fourth-order valence-electron chi connectivity index (χ4n) is 2.91. The molecule has 0 fully saturated rings. The maximum Gasteiger partial charge on any atom is 0.321 e. The minimum Gasteiger partial charge on any atom is -0.490 e. The zero-order valence-electron chi connectivity index (χ0n) is 19.9. The van der Waals surface area contributed by atoms with Gasteiger partial charge in [-0.1, -0.05) is 12.1 Å². The number of para-hydroxylation sites is 1. The van der Waals surface area contributed by atoms with E-state index in [0.717, 1.165) is 0 Å². The molecule has 190 valence electrons. The lowest BCUT2D eigenvalue weighted by atomic mass is 10.2. The van der Waals surface area contributed by atoms with Crippen molar-refractivity contribution in [1.29, 1.82) is 0 Å². The van der Waals surface area contributed by atoms with Gasteiger partial charge in [-0.25, -0.2) is 8.42 Å². The normalized spacial score (nSPS) is 10.9. The lowest BCUT2D eigenvalue weighted by Crippen LogP contribution is -2.34. The number of hydrogen-bond donors (Lipinski definition) is 3. The van der Waals surface area contributed by atoms with Crippen molar-refractivity contribution in [3.63, 3.8) is 0 Å². The minimum atomic E-state index is -3.97. The summed E-state index contributed by atoms with van der Waals surface area (Å²) in [5.41, 5.74) is 0.803. The average Bonchev–Trinajstić information content (AvgIpc) is 2.83. The number of aromatic nitrogens is 2. The van der Waals surface area contributed by atoms with Crippen molar-refractivity contribution in [2.45, 2.75) is 24.8 Å². The van der Waals surface area contributed by atoms with Crippen LogP contribution in [-0.4, -0.2) is 49.7 Å². The van der Waals surface area contributed by atoms with E-state index in [1.807, 2.05) is 13.8 Å². The topological polar surface area (TPSA) is 141 Å². The summed E-state index contributed by atoms with van der Waals surface area (Å²) in [6.07, 6.45) is -0.105. The van der Waals surface area contributed by atoms with Crippen LogP contribution < -0.4 is 29.6 Å². The third-order valence-electron chi connectivity index (χ3n) is 4.46. The van der Waals surface area contributed by atoms with Gasteiger partial charge in [-0.2, -0.15) is 9.97 Å². The number of anilines is 2. The second-order valence-corrected chi connectivity index (χ2v) is 9.57. The molecule has 0 spiro atoms. The van der Waals surface area contributed by atoms with Gasteiger partial charge in [0.15, 0.2) is 10.9 Å². The Morgan fingerprint density at radius 2 is 1.69 bits per heavy atom. The maximum absolute atomic E-state index is 12.8. The van der Waals surface area contributed by atoms with E-state index in [9.17, 15) is 13.2 Å². The summed E-state index contributed by atoms with van der Waals surface area (Å²) in [5, 5.41) is 5.48. The van der Waals surface area contributed by atoms with Crippen LogP contribution in [0.1, 0.15) is 24.2 Å². The van der Waals surface area contributed by atoms with Gasteiger partial charge in [-0.3, -0.25) is 14.8 Å². The number of nitrogens with zero attached hydrogens (tertiary/aromatic N) is 2. The molecule has 1 amide bonds. The standard InChI is InChI=1S/C23H25N5O6S2/c1-14(2)34-18-8-6-5-7-17(18)21(29)27-23(35)24-15-9-11-16(12-10-15)36(30,31)28-19-13-20(32-3)26-22(25-19)33-4/h5-14H,1-4H3,(H,25,26,28)(H2,24,27,29,35).